The maximum Gasteiger partial charge on any atom is 0.319 e. The third kappa shape index (κ3) is 17.4. The van der Waals surface area contributed by atoms with Crippen LogP contribution in [-0.4, -0.2) is 11.9 Å². The number of carbonyl (C=O) groups excluding carboxylic acids is 2. The maximum absolute atomic E-state index is 11.4. The van der Waals surface area contributed by atoms with E-state index in [9.17, 15) is 9.59 Å². The van der Waals surface area contributed by atoms with E-state index in [1.807, 2.05) is 0 Å². The number of hydrogen-bond acceptors (Lipinski definition) is 4. The minimum absolute atomic E-state index is 0.319. The number of carbonyl (C=O) groups is 2. The predicted molar refractivity (Wildman–Crippen MR) is 96.2 cm³/mol. The van der Waals surface area contributed by atoms with E-state index in [4.69, 9.17) is 22.3 Å². The summed E-state index contributed by atoms with van der Waals surface area (Å²) in [5.41, 5.74) is 0. The number of hydrogen-bond donors (Lipinski definition) is 0. The largest absolute Gasteiger partial charge is 0.372 e. The molecule has 0 N–H and O–H groups in total. The smallest absolute Gasteiger partial charge is 0.319 e. The van der Waals surface area contributed by atoms with Crippen molar-refractivity contribution in [2.75, 3.05) is 0 Å². The Bertz CT molecular complexity index is 542. The molecule has 4 nitrogen and oxygen atoms in total. The molecule has 0 spiro atoms. The molecule has 0 aliphatic rings. The number of ether oxygens (including phenoxy) is 2. The summed E-state index contributed by atoms with van der Waals surface area (Å²) < 4.78 is 9.51. The van der Waals surface area contributed by atoms with Crippen LogP contribution in [0.1, 0.15) is 70.6 Å². The topological polar surface area (TPSA) is 52.6 Å². The molecule has 0 rings (SSSR count). The van der Waals surface area contributed by atoms with Crippen molar-refractivity contribution in [1.82, 2.24) is 0 Å². The summed E-state index contributed by atoms with van der Waals surface area (Å²) in [5.74, 6) is 9.61. The van der Waals surface area contributed by atoms with Gasteiger partial charge in [0.25, 0.3) is 0 Å². The number of unbranched alkanes of at least 4 members (excludes halogenated alkanes) is 6. The molecule has 0 saturated carbocycles. The molecule has 0 bridgehead atoms. The summed E-state index contributed by atoms with van der Waals surface area (Å²) in [4.78, 5) is 22.7. The molecule has 0 heterocycles. The molecular weight excluding hydrogens is 316 g/mol. The molecule has 132 valence electrons. The number of esters is 2. The van der Waals surface area contributed by atoms with Gasteiger partial charge in [0.05, 0.1) is 0 Å². The Hall–Kier alpha value is -2.82. The predicted octanol–water partition coefficient (Wildman–Crippen LogP) is 3.55. The van der Waals surface area contributed by atoms with E-state index in [0.717, 1.165) is 32.1 Å². The highest BCUT2D eigenvalue weighted by Gasteiger charge is 2.03. The lowest BCUT2D eigenvalue weighted by Gasteiger charge is -2.00. The Morgan fingerprint density at radius 3 is 1.44 bits per heavy atom. The fraction of sp³-hybridized carbons (Fsp3) is 0.524. The first kappa shape index (κ1) is 22.2. The Morgan fingerprint density at radius 1 is 0.640 bits per heavy atom. The minimum Gasteiger partial charge on any atom is -0.372 e. The van der Waals surface area contributed by atoms with Gasteiger partial charge in [-0.25, -0.2) is 0 Å². The van der Waals surface area contributed by atoms with Gasteiger partial charge in [-0.05, 0) is 12.8 Å². The maximum atomic E-state index is 11.4. The third-order valence-electron chi connectivity index (χ3n) is 3.02. The second kappa shape index (κ2) is 17.5. The van der Waals surface area contributed by atoms with Crippen LogP contribution in [0.4, 0.5) is 0 Å². The summed E-state index contributed by atoms with van der Waals surface area (Å²) >= 11 is 0. The Kier molecular flexibility index (Phi) is 15.6. The fourth-order valence-electron chi connectivity index (χ4n) is 1.73. The number of rotatable bonds is 10. The van der Waals surface area contributed by atoms with E-state index in [1.54, 1.807) is 0 Å². The van der Waals surface area contributed by atoms with Gasteiger partial charge in [-0.1, -0.05) is 31.1 Å². The monoisotopic (exact) mass is 340 g/mol. The van der Waals surface area contributed by atoms with E-state index >= 15 is 0 Å². The van der Waals surface area contributed by atoms with Crippen LogP contribution in [-0.2, 0) is 19.1 Å². The molecule has 0 aromatic carbocycles. The summed E-state index contributed by atoms with van der Waals surface area (Å²) in [7, 11) is 0. The first-order chi connectivity index (χ1) is 12.2. The van der Waals surface area contributed by atoms with Gasteiger partial charge in [-0.15, -0.1) is 24.7 Å². The van der Waals surface area contributed by atoms with Crippen molar-refractivity contribution in [2.24, 2.45) is 0 Å². The summed E-state index contributed by atoms with van der Waals surface area (Å²) in [5, 5.41) is 0. The molecule has 0 atom stereocenters. The van der Waals surface area contributed by atoms with Crippen molar-refractivity contribution in [3.63, 3.8) is 0 Å². The molecule has 4 heteroatoms. The highest BCUT2D eigenvalue weighted by molar-refractivity contribution is 5.70. The first-order valence-electron chi connectivity index (χ1n) is 8.42. The normalized spacial score (nSPS) is 8.56. The number of terminal acetylenes is 2. The molecule has 0 saturated heterocycles. The van der Waals surface area contributed by atoms with Gasteiger partial charge in [0.15, 0.2) is 0 Å². The Labute approximate surface area is 151 Å². The molecule has 0 radical (unpaired) electrons. The summed E-state index contributed by atoms with van der Waals surface area (Å²) in [6.45, 7) is 0. The average molecular weight is 340 g/mol. The highest BCUT2D eigenvalue weighted by atomic mass is 16.5. The highest BCUT2D eigenvalue weighted by Crippen LogP contribution is 2.08. The zero-order chi connectivity index (χ0) is 18.6. The van der Waals surface area contributed by atoms with Crippen molar-refractivity contribution in [2.45, 2.75) is 70.6 Å². The Balaban J connectivity index is 3.48. The van der Waals surface area contributed by atoms with Gasteiger partial charge in [0.1, 0.15) is 12.2 Å². The summed E-state index contributed by atoms with van der Waals surface area (Å²) in [6, 6.07) is 0. The molecule has 0 aliphatic carbocycles. The van der Waals surface area contributed by atoms with Crippen molar-refractivity contribution in [3.8, 4) is 48.7 Å². The average Bonchev–Trinajstić information content (AvgIpc) is 2.60. The van der Waals surface area contributed by atoms with Crippen LogP contribution < -0.4 is 0 Å². The third-order valence-corrected chi connectivity index (χ3v) is 3.02. The molecule has 25 heavy (non-hydrogen) atoms. The second-order valence-electron chi connectivity index (χ2n) is 5.18. The van der Waals surface area contributed by atoms with Gasteiger partial charge in [0.2, 0.25) is 0 Å². The molecule has 0 aliphatic heterocycles. The van der Waals surface area contributed by atoms with Crippen LogP contribution in [0.3, 0.4) is 0 Å². The van der Waals surface area contributed by atoms with Gasteiger partial charge < -0.3 is 9.47 Å². The van der Waals surface area contributed by atoms with E-state index in [2.05, 4.69) is 35.9 Å². The SMILES string of the molecule is C#CCCC#COC(=O)CCCCCCCC(=O)OC#CCCC#C. The van der Waals surface area contributed by atoms with Crippen molar-refractivity contribution >= 4 is 11.9 Å². The zero-order valence-electron chi connectivity index (χ0n) is 14.6. The van der Waals surface area contributed by atoms with Crippen LogP contribution in [0.5, 0.6) is 0 Å². The standard InChI is InChI=1S/C21H24O4/c1-3-5-7-14-18-24-20(22)16-12-10-9-11-13-17-21(23)25-19-15-8-6-4-2/h1-2H,5-13,16-17H2. The van der Waals surface area contributed by atoms with Crippen LogP contribution in [0.2, 0.25) is 0 Å². The van der Waals surface area contributed by atoms with Gasteiger partial charge in [0, 0.05) is 38.5 Å². The van der Waals surface area contributed by atoms with Crippen molar-refractivity contribution in [3.05, 3.63) is 0 Å². The van der Waals surface area contributed by atoms with Crippen LogP contribution in [0.15, 0.2) is 0 Å². The molecular formula is C21H24O4. The van der Waals surface area contributed by atoms with Gasteiger partial charge in [-0.3, -0.25) is 9.59 Å². The zero-order valence-corrected chi connectivity index (χ0v) is 14.6. The van der Waals surface area contributed by atoms with Crippen molar-refractivity contribution in [1.29, 1.82) is 0 Å². The molecule has 0 amide bonds. The van der Waals surface area contributed by atoms with E-state index in [0.29, 0.717) is 38.5 Å². The second-order valence-corrected chi connectivity index (χ2v) is 5.18. The first-order valence-corrected chi connectivity index (χ1v) is 8.42. The minimum atomic E-state index is -0.319. The van der Waals surface area contributed by atoms with E-state index in [-0.39, 0.29) is 11.9 Å². The quantitative estimate of drug-likeness (QED) is 0.347. The molecule has 0 aromatic rings. The molecule has 0 unspecified atom stereocenters. The van der Waals surface area contributed by atoms with Crippen molar-refractivity contribution < 1.29 is 19.1 Å². The lowest BCUT2D eigenvalue weighted by Crippen LogP contribution is -2.00. The van der Waals surface area contributed by atoms with Gasteiger partial charge in [-0.2, -0.15) is 0 Å². The van der Waals surface area contributed by atoms with Crippen LogP contribution in [0, 0.1) is 48.7 Å². The van der Waals surface area contributed by atoms with Gasteiger partial charge >= 0.3 is 11.9 Å². The fourth-order valence-corrected chi connectivity index (χ4v) is 1.73. The molecule has 0 aromatic heterocycles. The van der Waals surface area contributed by atoms with E-state index < -0.39 is 0 Å². The molecule has 0 fully saturated rings. The lowest BCUT2D eigenvalue weighted by atomic mass is 10.1. The lowest BCUT2D eigenvalue weighted by molar-refractivity contribution is -0.137. The van der Waals surface area contributed by atoms with Crippen LogP contribution in [0.25, 0.3) is 0 Å². The van der Waals surface area contributed by atoms with Crippen LogP contribution >= 0.6 is 0 Å². The summed E-state index contributed by atoms with van der Waals surface area (Å²) in [6.07, 6.45) is 22.0. The Morgan fingerprint density at radius 2 is 1.04 bits per heavy atom. The van der Waals surface area contributed by atoms with E-state index in [1.165, 1.54) is 0 Å².